The van der Waals surface area contributed by atoms with Gasteiger partial charge in [0.05, 0.1) is 11.6 Å². The van der Waals surface area contributed by atoms with Gasteiger partial charge in [0.25, 0.3) is 10.0 Å². The highest BCUT2D eigenvalue weighted by Gasteiger charge is 2.43. The van der Waals surface area contributed by atoms with Gasteiger partial charge in [0.15, 0.2) is 8.68 Å². The molecule has 4 nitrogen and oxygen atoms in total. The summed E-state index contributed by atoms with van der Waals surface area (Å²) < 4.78 is 65.0. The van der Waals surface area contributed by atoms with Crippen LogP contribution in [0.5, 0.6) is 0 Å². The summed E-state index contributed by atoms with van der Waals surface area (Å²) in [6.45, 7) is 1.50. The van der Waals surface area contributed by atoms with Crippen LogP contribution in [0.1, 0.15) is 31.4 Å². The third kappa shape index (κ3) is 4.08. The van der Waals surface area contributed by atoms with E-state index in [2.05, 4.69) is 9.71 Å². The van der Waals surface area contributed by atoms with E-state index in [-0.39, 0.29) is 27.2 Å². The Balaban J connectivity index is 2.12. The predicted molar refractivity (Wildman–Crippen MR) is 74.0 cm³/mol. The van der Waals surface area contributed by atoms with Crippen LogP contribution in [0.2, 0.25) is 4.47 Å². The van der Waals surface area contributed by atoms with Gasteiger partial charge in [-0.1, -0.05) is 29.4 Å². The van der Waals surface area contributed by atoms with Crippen LogP contribution < -0.4 is 4.72 Å². The SMILES string of the molecule is Cc1nc(Cl)sc1S(=O)(=O)NC1CCCC(C(F)(F)F)C1. The van der Waals surface area contributed by atoms with Crippen molar-refractivity contribution in [3.8, 4) is 0 Å². The fraction of sp³-hybridized carbons (Fsp3) is 0.727. The Morgan fingerprint density at radius 2 is 2.05 bits per heavy atom. The number of thiazole rings is 1. The summed E-state index contributed by atoms with van der Waals surface area (Å²) in [4.78, 5) is 3.81. The molecule has 2 rings (SSSR count). The Morgan fingerprint density at radius 3 is 2.57 bits per heavy atom. The van der Waals surface area contributed by atoms with Gasteiger partial charge in [-0.15, -0.1) is 0 Å². The van der Waals surface area contributed by atoms with Gasteiger partial charge in [-0.3, -0.25) is 0 Å². The van der Waals surface area contributed by atoms with Crippen molar-refractivity contribution in [1.29, 1.82) is 0 Å². The Bertz CT molecular complexity index is 615. The van der Waals surface area contributed by atoms with E-state index in [4.69, 9.17) is 11.6 Å². The van der Waals surface area contributed by atoms with Crippen LogP contribution in [0.4, 0.5) is 13.2 Å². The Labute approximate surface area is 129 Å². The molecule has 1 aliphatic carbocycles. The minimum atomic E-state index is -4.28. The van der Waals surface area contributed by atoms with Gasteiger partial charge in [-0.05, 0) is 26.2 Å². The predicted octanol–water partition coefficient (Wildman–Crippen LogP) is 3.50. The molecular formula is C11H14ClF3N2O2S2. The first kappa shape index (κ1) is 17.0. The molecule has 0 saturated heterocycles. The van der Waals surface area contributed by atoms with E-state index in [9.17, 15) is 21.6 Å². The average molecular weight is 363 g/mol. The van der Waals surface area contributed by atoms with Crippen LogP contribution in [0.25, 0.3) is 0 Å². The lowest BCUT2D eigenvalue weighted by Crippen LogP contribution is -2.41. The second kappa shape index (κ2) is 6.02. The molecule has 0 radical (unpaired) electrons. The van der Waals surface area contributed by atoms with Gasteiger partial charge in [0, 0.05) is 6.04 Å². The molecule has 1 aromatic rings. The van der Waals surface area contributed by atoms with Crippen LogP contribution in [0, 0.1) is 12.8 Å². The molecule has 1 heterocycles. The van der Waals surface area contributed by atoms with E-state index in [1.165, 1.54) is 6.92 Å². The van der Waals surface area contributed by atoms with Crippen LogP contribution in [0.15, 0.2) is 4.21 Å². The van der Waals surface area contributed by atoms with E-state index >= 15 is 0 Å². The third-order valence-corrected chi connectivity index (χ3v) is 6.82. The largest absolute Gasteiger partial charge is 0.391 e. The molecule has 10 heteroatoms. The molecule has 120 valence electrons. The van der Waals surface area contributed by atoms with Crippen LogP contribution >= 0.6 is 22.9 Å². The van der Waals surface area contributed by atoms with Crippen molar-refractivity contribution in [2.24, 2.45) is 5.92 Å². The fourth-order valence-electron chi connectivity index (χ4n) is 2.47. The number of rotatable bonds is 3. The summed E-state index contributed by atoms with van der Waals surface area (Å²) in [5.41, 5.74) is 0.251. The number of aryl methyl sites for hydroxylation is 1. The molecule has 0 spiro atoms. The van der Waals surface area contributed by atoms with Crippen molar-refractivity contribution in [3.05, 3.63) is 10.2 Å². The Kier molecular flexibility index (Phi) is 4.87. The summed E-state index contributed by atoms with van der Waals surface area (Å²) in [5.74, 6) is -1.45. The minimum Gasteiger partial charge on any atom is -0.229 e. The van der Waals surface area contributed by atoms with Gasteiger partial charge < -0.3 is 0 Å². The Hall–Kier alpha value is -0.380. The number of hydrogen-bond acceptors (Lipinski definition) is 4. The van der Waals surface area contributed by atoms with E-state index in [1.807, 2.05) is 0 Å². The maximum atomic E-state index is 12.7. The molecule has 2 unspecified atom stereocenters. The molecule has 0 aromatic carbocycles. The lowest BCUT2D eigenvalue weighted by molar-refractivity contribution is -0.183. The summed E-state index contributed by atoms with van der Waals surface area (Å²) >= 11 is 6.46. The van der Waals surface area contributed by atoms with Crippen molar-refractivity contribution in [1.82, 2.24) is 9.71 Å². The van der Waals surface area contributed by atoms with Crippen LogP contribution in [0.3, 0.4) is 0 Å². The molecule has 21 heavy (non-hydrogen) atoms. The lowest BCUT2D eigenvalue weighted by atomic mass is 9.86. The molecule has 2 atom stereocenters. The normalized spacial score (nSPS) is 24.2. The van der Waals surface area contributed by atoms with Gasteiger partial charge >= 0.3 is 6.18 Å². The van der Waals surface area contributed by atoms with E-state index < -0.39 is 28.2 Å². The third-order valence-electron chi connectivity index (χ3n) is 3.43. The number of nitrogens with zero attached hydrogens (tertiary/aromatic N) is 1. The highest BCUT2D eigenvalue weighted by molar-refractivity contribution is 7.91. The van der Waals surface area contributed by atoms with Gasteiger partial charge in [-0.2, -0.15) is 13.2 Å². The fourth-order valence-corrected chi connectivity index (χ4v) is 5.51. The van der Waals surface area contributed by atoms with Gasteiger partial charge in [0.2, 0.25) is 0 Å². The van der Waals surface area contributed by atoms with E-state index in [0.717, 1.165) is 11.3 Å². The maximum absolute atomic E-state index is 12.7. The quantitative estimate of drug-likeness (QED) is 0.895. The van der Waals surface area contributed by atoms with Crippen molar-refractivity contribution in [2.75, 3.05) is 0 Å². The van der Waals surface area contributed by atoms with Crippen LogP contribution in [-0.2, 0) is 10.0 Å². The number of halogens is 4. The first-order valence-electron chi connectivity index (χ1n) is 6.31. The zero-order valence-electron chi connectivity index (χ0n) is 11.1. The number of nitrogens with one attached hydrogen (secondary N) is 1. The van der Waals surface area contributed by atoms with Gasteiger partial charge in [-0.25, -0.2) is 18.1 Å². The molecule has 1 aliphatic rings. The lowest BCUT2D eigenvalue weighted by Gasteiger charge is -2.30. The summed E-state index contributed by atoms with van der Waals surface area (Å²) in [7, 11) is -3.88. The first-order valence-corrected chi connectivity index (χ1v) is 8.99. The van der Waals surface area contributed by atoms with Crippen LogP contribution in [-0.4, -0.2) is 25.6 Å². The highest BCUT2D eigenvalue weighted by Crippen LogP contribution is 2.38. The molecule has 1 aromatic heterocycles. The van der Waals surface area contributed by atoms with Crippen molar-refractivity contribution in [2.45, 2.75) is 49.0 Å². The Morgan fingerprint density at radius 1 is 1.38 bits per heavy atom. The standard InChI is InChI=1S/C11H14ClF3N2O2S2/c1-6-9(20-10(12)16-6)21(18,19)17-8-4-2-3-7(5-8)11(13,14)15/h7-8,17H,2-5H2,1H3. The average Bonchev–Trinajstić information content (AvgIpc) is 2.68. The molecule has 0 aliphatic heterocycles. The summed E-state index contributed by atoms with van der Waals surface area (Å²) in [6.07, 6.45) is -3.72. The second-order valence-electron chi connectivity index (χ2n) is 5.06. The molecule has 1 saturated carbocycles. The van der Waals surface area contributed by atoms with Crippen molar-refractivity contribution < 1.29 is 21.6 Å². The summed E-state index contributed by atoms with van der Waals surface area (Å²) in [5, 5.41) is 0. The monoisotopic (exact) mass is 362 g/mol. The molecule has 0 amide bonds. The van der Waals surface area contributed by atoms with E-state index in [0.29, 0.717) is 12.8 Å². The zero-order chi connectivity index (χ0) is 15.8. The smallest absolute Gasteiger partial charge is 0.229 e. The van der Waals surface area contributed by atoms with Gasteiger partial charge in [0.1, 0.15) is 0 Å². The first-order chi connectivity index (χ1) is 9.59. The highest BCUT2D eigenvalue weighted by atomic mass is 35.5. The number of sulfonamides is 1. The molecule has 1 N–H and O–H groups in total. The zero-order valence-corrected chi connectivity index (χ0v) is 13.5. The second-order valence-corrected chi connectivity index (χ2v) is 8.55. The molecular weight excluding hydrogens is 349 g/mol. The van der Waals surface area contributed by atoms with Crippen molar-refractivity contribution >= 4 is 33.0 Å². The topological polar surface area (TPSA) is 59.1 Å². The van der Waals surface area contributed by atoms with Crippen molar-refractivity contribution in [3.63, 3.8) is 0 Å². The summed E-state index contributed by atoms with van der Waals surface area (Å²) in [6, 6.07) is -0.712. The molecule has 1 fully saturated rings. The number of aromatic nitrogens is 1. The maximum Gasteiger partial charge on any atom is 0.391 e. The van der Waals surface area contributed by atoms with E-state index in [1.54, 1.807) is 0 Å². The minimum absolute atomic E-state index is 0.0402. The number of alkyl halides is 3. The number of hydrogen-bond donors (Lipinski definition) is 1. The molecule has 0 bridgehead atoms.